The van der Waals surface area contributed by atoms with E-state index in [9.17, 15) is 4.39 Å². The Morgan fingerprint density at radius 3 is 2.60 bits per heavy atom. The summed E-state index contributed by atoms with van der Waals surface area (Å²) < 4.78 is 17.7. The van der Waals surface area contributed by atoms with Crippen molar-refractivity contribution >= 4 is 0 Å². The predicted molar refractivity (Wildman–Crippen MR) is 55.6 cm³/mol. The van der Waals surface area contributed by atoms with Gasteiger partial charge in [-0.25, -0.2) is 4.39 Å². The summed E-state index contributed by atoms with van der Waals surface area (Å²) in [6.07, 6.45) is 0.721. The summed E-state index contributed by atoms with van der Waals surface area (Å²) in [5, 5.41) is 3.82. The highest BCUT2D eigenvalue weighted by atomic mass is 19.1. The molecule has 1 aromatic rings. The monoisotopic (exact) mass is 215 g/mol. The van der Waals surface area contributed by atoms with E-state index in [1.165, 1.54) is 0 Å². The van der Waals surface area contributed by atoms with Crippen LogP contribution in [0.3, 0.4) is 0 Å². The SMILES string of the molecule is CN(C)CCc1noc(C(C)(C)CF)n1. The van der Waals surface area contributed by atoms with Crippen molar-refractivity contribution in [3.63, 3.8) is 0 Å². The third-order valence-electron chi connectivity index (χ3n) is 2.16. The Bertz CT molecular complexity index is 309. The maximum absolute atomic E-state index is 12.6. The number of likely N-dealkylation sites (N-methyl/N-ethyl adjacent to an activating group) is 1. The van der Waals surface area contributed by atoms with Crippen LogP contribution in [0.25, 0.3) is 0 Å². The maximum Gasteiger partial charge on any atom is 0.234 e. The van der Waals surface area contributed by atoms with Crippen molar-refractivity contribution in [2.24, 2.45) is 0 Å². The minimum atomic E-state index is -0.677. The van der Waals surface area contributed by atoms with E-state index in [1.54, 1.807) is 13.8 Å². The summed E-state index contributed by atoms with van der Waals surface area (Å²) in [7, 11) is 3.96. The Balaban J connectivity index is 2.64. The molecular weight excluding hydrogens is 197 g/mol. The van der Waals surface area contributed by atoms with E-state index < -0.39 is 12.1 Å². The lowest BCUT2D eigenvalue weighted by Gasteiger charge is -2.13. The van der Waals surface area contributed by atoms with E-state index in [-0.39, 0.29) is 0 Å². The molecule has 0 atom stereocenters. The van der Waals surface area contributed by atoms with Crippen molar-refractivity contribution in [2.75, 3.05) is 27.3 Å². The predicted octanol–water partition coefficient (Wildman–Crippen LogP) is 1.42. The van der Waals surface area contributed by atoms with Gasteiger partial charge in [0, 0.05) is 13.0 Å². The van der Waals surface area contributed by atoms with Gasteiger partial charge in [0.05, 0.1) is 5.41 Å². The molecule has 0 aliphatic carbocycles. The van der Waals surface area contributed by atoms with Crippen molar-refractivity contribution in [3.05, 3.63) is 11.7 Å². The molecule has 0 saturated carbocycles. The van der Waals surface area contributed by atoms with Gasteiger partial charge in [-0.05, 0) is 27.9 Å². The summed E-state index contributed by atoms with van der Waals surface area (Å²) in [4.78, 5) is 6.22. The average Bonchev–Trinajstić information content (AvgIpc) is 2.63. The Kier molecular flexibility index (Phi) is 3.79. The van der Waals surface area contributed by atoms with E-state index in [0.717, 1.165) is 13.0 Å². The number of rotatable bonds is 5. The number of halogens is 1. The molecular formula is C10H18FN3O. The van der Waals surface area contributed by atoms with Crippen LogP contribution in [0.4, 0.5) is 4.39 Å². The summed E-state index contributed by atoms with van der Waals surface area (Å²) in [5.74, 6) is 1.01. The first-order chi connectivity index (χ1) is 6.95. The summed E-state index contributed by atoms with van der Waals surface area (Å²) in [6, 6.07) is 0. The van der Waals surface area contributed by atoms with Crippen LogP contribution in [-0.2, 0) is 11.8 Å². The van der Waals surface area contributed by atoms with Crippen LogP contribution in [0.5, 0.6) is 0 Å². The van der Waals surface area contributed by atoms with E-state index in [1.807, 2.05) is 19.0 Å². The molecule has 0 unspecified atom stereocenters. The number of alkyl halides is 1. The van der Waals surface area contributed by atoms with E-state index >= 15 is 0 Å². The third-order valence-corrected chi connectivity index (χ3v) is 2.16. The molecule has 0 aromatic carbocycles. The standard InChI is InChI=1S/C10H18FN3O/c1-10(2,7-11)9-12-8(13-15-9)5-6-14(3)4/h5-7H2,1-4H3. The lowest BCUT2D eigenvalue weighted by Crippen LogP contribution is -2.20. The highest BCUT2D eigenvalue weighted by molar-refractivity contribution is 5.00. The molecule has 0 bridgehead atoms. The fourth-order valence-electron chi connectivity index (χ4n) is 1.01. The fraction of sp³-hybridized carbons (Fsp3) is 0.800. The Morgan fingerprint density at radius 2 is 2.07 bits per heavy atom. The molecule has 86 valence electrons. The quantitative estimate of drug-likeness (QED) is 0.745. The van der Waals surface area contributed by atoms with Crippen molar-refractivity contribution < 1.29 is 8.91 Å². The van der Waals surface area contributed by atoms with Crippen LogP contribution in [0.15, 0.2) is 4.52 Å². The number of hydrogen-bond donors (Lipinski definition) is 0. The minimum absolute atomic E-state index is 0.374. The maximum atomic E-state index is 12.6. The first-order valence-electron chi connectivity index (χ1n) is 4.99. The Labute approximate surface area is 89.5 Å². The second-order valence-corrected chi connectivity index (χ2v) is 4.59. The first-order valence-corrected chi connectivity index (χ1v) is 4.99. The zero-order valence-electron chi connectivity index (χ0n) is 9.75. The largest absolute Gasteiger partial charge is 0.339 e. The second-order valence-electron chi connectivity index (χ2n) is 4.59. The molecule has 0 spiro atoms. The molecule has 15 heavy (non-hydrogen) atoms. The molecule has 4 nitrogen and oxygen atoms in total. The van der Waals surface area contributed by atoms with Crippen LogP contribution >= 0.6 is 0 Å². The average molecular weight is 215 g/mol. The molecule has 1 rings (SSSR count). The molecule has 0 aliphatic heterocycles. The van der Waals surface area contributed by atoms with Gasteiger partial charge in [-0.1, -0.05) is 5.16 Å². The second kappa shape index (κ2) is 4.70. The minimum Gasteiger partial charge on any atom is -0.339 e. The molecule has 0 N–H and O–H groups in total. The molecule has 1 aromatic heterocycles. The van der Waals surface area contributed by atoms with E-state index in [0.29, 0.717) is 11.7 Å². The van der Waals surface area contributed by atoms with Gasteiger partial charge in [0.1, 0.15) is 6.67 Å². The molecule has 0 saturated heterocycles. The molecule has 0 aliphatic rings. The number of hydrogen-bond acceptors (Lipinski definition) is 4. The van der Waals surface area contributed by atoms with Crippen LogP contribution in [0, 0.1) is 0 Å². The molecule has 1 heterocycles. The summed E-state index contributed by atoms with van der Waals surface area (Å²) in [6.45, 7) is 3.85. The Morgan fingerprint density at radius 1 is 1.40 bits per heavy atom. The normalized spacial score (nSPS) is 12.4. The van der Waals surface area contributed by atoms with Gasteiger partial charge < -0.3 is 9.42 Å². The third kappa shape index (κ3) is 3.27. The molecule has 0 radical (unpaired) electrons. The number of nitrogens with zero attached hydrogens (tertiary/aromatic N) is 3. The van der Waals surface area contributed by atoms with E-state index in [4.69, 9.17) is 4.52 Å². The van der Waals surface area contributed by atoms with E-state index in [2.05, 4.69) is 10.1 Å². The zero-order chi connectivity index (χ0) is 11.5. The summed E-state index contributed by atoms with van der Waals surface area (Å²) >= 11 is 0. The smallest absolute Gasteiger partial charge is 0.234 e. The van der Waals surface area contributed by atoms with Crippen LogP contribution < -0.4 is 0 Å². The number of aromatic nitrogens is 2. The van der Waals surface area contributed by atoms with Gasteiger partial charge in [0.2, 0.25) is 5.89 Å². The van der Waals surface area contributed by atoms with Crippen molar-refractivity contribution in [2.45, 2.75) is 25.7 Å². The lowest BCUT2D eigenvalue weighted by molar-refractivity contribution is 0.258. The Hall–Kier alpha value is -0.970. The van der Waals surface area contributed by atoms with Crippen molar-refractivity contribution in [1.82, 2.24) is 15.0 Å². The topological polar surface area (TPSA) is 42.2 Å². The lowest BCUT2D eigenvalue weighted by atomic mass is 9.96. The molecule has 0 amide bonds. The van der Waals surface area contributed by atoms with Crippen molar-refractivity contribution in [1.29, 1.82) is 0 Å². The van der Waals surface area contributed by atoms with Crippen LogP contribution in [0.1, 0.15) is 25.6 Å². The van der Waals surface area contributed by atoms with Gasteiger partial charge in [-0.3, -0.25) is 0 Å². The van der Waals surface area contributed by atoms with Gasteiger partial charge >= 0.3 is 0 Å². The van der Waals surface area contributed by atoms with Gasteiger partial charge in [0.15, 0.2) is 5.82 Å². The van der Waals surface area contributed by atoms with Gasteiger partial charge in [-0.2, -0.15) is 4.98 Å². The van der Waals surface area contributed by atoms with Gasteiger partial charge in [-0.15, -0.1) is 0 Å². The zero-order valence-corrected chi connectivity index (χ0v) is 9.75. The van der Waals surface area contributed by atoms with Crippen molar-refractivity contribution in [3.8, 4) is 0 Å². The molecule has 0 fully saturated rings. The highest BCUT2D eigenvalue weighted by Gasteiger charge is 2.27. The van der Waals surface area contributed by atoms with Gasteiger partial charge in [0.25, 0.3) is 0 Å². The first kappa shape index (κ1) is 12.1. The highest BCUT2D eigenvalue weighted by Crippen LogP contribution is 2.21. The molecule has 5 heteroatoms. The van der Waals surface area contributed by atoms with Crippen LogP contribution in [0.2, 0.25) is 0 Å². The summed E-state index contributed by atoms with van der Waals surface area (Å²) in [5.41, 5.74) is -0.677. The fourth-order valence-corrected chi connectivity index (χ4v) is 1.01. The van der Waals surface area contributed by atoms with Crippen LogP contribution in [-0.4, -0.2) is 42.4 Å².